The summed E-state index contributed by atoms with van der Waals surface area (Å²) in [6, 6.07) is 0.444. The lowest BCUT2D eigenvalue weighted by Crippen LogP contribution is -2.41. The highest BCUT2D eigenvalue weighted by molar-refractivity contribution is 6.10. The maximum absolute atomic E-state index is 14.7. The van der Waals surface area contributed by atoms with Gasteiger partial charge in [-0.3, -0.25) is 10.1 Å². The van der Waals surface area contributed by atoms with Crippen LogP contribution >= 0.6 is 0 Å². The molecular formula is C16H20F2N2O6. The van der Waals surface area contributed by atoms with Crippen molar-refractivity contribution in [2.24, 2.45) is 0 Å². The van der Waals surface area contributed by atoms with E-state index in [2.05, 4.69) is 0 Å². The third-order valence-corrected chi connectivity index (χ3v) is 3.11. The zero-order chi connectivity index (χ0) is 20.6. The topological polar surface area (TPSA) is 110 Å². The second kappa shape index (κ2) is 6.85. The van der Waals surface area contributed by atoms with Crippen molar-refractivity contribution in [3.05, 3.63) is 33.4 Å². The molecule has 0 aromatic heterocycles. The summed E-state index contributed by atoms with van der Waals surface area (Å²) in [5, 5.41) is 20.6. The van der Waals surface area contributed by atoms with Crippen LogP contribution in [0.1, 0.15) is 47.1 Å². The highest BCUT2D eigenvalue weighted by Crippen LogP contribution is 2.40. The molecule has 8 nitrogen and oxygen atoms in total. The standard InChI is InChI=1S/C16H20F2N2O6/c1-15(2,3)10-8(17)7-9(12(11(10)18)20(24)25)19(13(21)22)14(23)26-16(4,5)6/h7H,1-6H3,(H,21,22). The molecule has 0 aliphatic rings. The summed E-state index contributed by atoms with van der Waals surface area (Å²) in [5.74, 6) is -2.77. The molecule has 26 heavy (non-hydrogen) atoms. The van der Waals surface area contributed by atoms with Crippen LogP contribution in [0.3, 0.4) is 0 Å². The quantitative estimate of drug-likeness (QED) is 0.599. The molecule has 0 bridgehead atoms. The molecule has 1 rings (SSSR count). The number of imide groups is 1. The fourth-order valence-electron chi connectivity index (χ4n) is 2.21. The molecule has 144 valence electrons. The molecule has 0 unspecified atom stereocenters. The minimum absolute atomic E-state index is 0.192. The summed E-state index contributed by atoms with van der Waals surface area (Å²) >= 11 is 0. The van der Waals surface area contributed by atoms with Crippen molar-refractivity contribution < 1.29 is 33.1 Å². The molecule has 0 spiro atoms. The fraction of sp³-hybridized carbons (Fsp3) is 0.500. The summed E-state index contributed by atoms with van der Waals surface area (Å²) in [5.41, 5.74) is -5.27. The Morgan fingerprint density at radius 1 is 1.19 bits per heavy atom. The number of hydrogen-bond donors (Lipinski definition) is 1. The summed E-state index contributed by atoms with van der Waals surface area (Å²) in [7, 11) is 0. The molecular weight excluding hydrogens is 354 g/mol. The molecule has 0 saturated heterocycles. The first kappa shape index (κ1) is 21.3. The normalized spacial score (nSPS) is 11.8. The molecule has 2 amide bonds. The number of carbonyl (C=O) groups excluding carboxylic acids is 1. The van der Waals surface area contributed by atoms with Crippen LogP contribution in [0, 0.1) is 21.7 Å². The smallest absolute Gasteiger partial charge is 0.424 e. The van der Waals surface area contributed by atoms with Crippen LogP contribution in [0.15, 0.2) is 6.07 Å². The Kier molecular flexibility index (Phi) is 5.60. The number of carbonyl (C=O) groups is 2. The third kappa shape index (κ3) is 4.44. The average molecular weight is 374 g/mol. The van der Waals surface area contributed by atoms with Crippen molar-refractivity contribution in [2.75, 3.05) is 4.90 Å². The van der Waals surface area contributed by atoms with Gasteiger partial charge in [0.1, 0.15) is 17.1 Å². The summed E-state index contributed by atoms with van der Waals surface area (Å²) in [4.78, 5) is 33.5. The zero-order valence-corrected chi connectivity index (χ0v) is 15.2. The van der Waals surface area contributed by atoms with Gasteiger partial charge in [-0.25, -0.2) is 14.0 Å². The molecule has 0 aliphatic heterocycles. The predicted octanol–water partition coefficient (Wildman–Crippen LogP) is 4.59. The van der Waals surface area contributed by atoms with Crippen molar-refractivity contribution in [3.63, 3.8) is 0 Å². The van der Waals surface area contributed by atoms with Gasteiger partial charge in [0.15, 0.2) is 0 Å². The third-order valence-electron chi connectivity index (χ3n) is 3.11. The zero-order valence-electron chi connectivity index (χ0n) is 15.2. The van der Waals surface area contributed by atoms with Crippen LogP contribution in [-0.4, -0.2) is 27.8 Å². The number of amides is 2. The maximum Gasteiger partial charge on any atom is 0.424 e. The lowest BCUT2D eigenvalue weighted by molar-refractivity contribution is -0.386. The van der Waals surface area contributed by atoms with Gasteiger partial charge in [0, 0.05) is 11.6 Å². The number of carboxylic acid groups (broad SMARTS) is 1. The van der Waals surface area contributed by atoms with Gasteiger partial charge < -0.3 is 9.84 Å². The largest absolute Gasteiger partial charge is 0.464 e. The van der Waals surface area contributed by atoms with Gasteiger partial charge in [0.05, 0.1) is 4.92 Å². The lowest BCUT2D eigenvalue weighted by Gasteiger charge is -2.26. The number of nitro benzene ring substituents is 1. The Morgan fingerprint density at radius 2 is 1.69 bits per heavy atom. The second-order valence-corrected chi connectivity index (χ2v) is 7.52. The van der Waals surface area contributed by atoms with E-state index in [0.717, 1.165) is 0 Å². The summed E-state index contributed by atoms with van der Waals surface area (Å²) in [6.07, 6.45) is -3.50. The van der Waals surface area contributed by atoms with Gasteiger partial charge in [0.25, 0.3) is 0 Å². The minimum atomic E-state index is -1.98. The summed E-state index contributed by atoms with van der Waals surface area (Å²) < 4.78 is 34.0. The molecule has 1 aromatic rings. The first-order chi connectivity index (χ1) is 11.6. The van der Waals surface area contributed by atoms with Crippen LogP contribution in [0.2, 0.25) is 0 Å². The monoisotopic (exact) mass is 374 g/mol. The van der Waals surface area contributed by atoms with E-state index in [4.69, 9.17) is 4.74 Å². The highest BCUT2D eigenvalue weighted by Gasteiger charge is 2.39. The Balaban J connectivity index is 3.76. The van der Waals surface area contributed by atoms with Gasteiger partial charge in [-0.05, 0) is 26.2 Å². The van der Waals surface area contributed by atoms with Crippen LogP contribution in [0.4, 0.5) is 29.7 Å². The number of nitro groups is 1. The highest BCUT2D eigenvalue weighted by atomic mass is 19.1. The molecule has 0 aliphatic carbocycles. The van der Waals surface area contributed by atoms with E-state index in [0.29, 0.717) is 6.07 Å². The minimum Gasteiger partial charge on any atom is -0.464 e. The Bertz CT molecular complexity index is 765. The van der Waals surface area contributed by atoms with Gasteiger partial charge in [-0.2, -0.15) is 9.29 Å². The van der Waals surface area contributed by atoms with E-state index in [9.17, 15) is 33.6 Å². The molecule has 0 heterocycles. The molecule has 0 radical (unpaired) electrons. The number of benzene rings is 1. The number of ether oxygens (including phenoxy) is 1. The van der Waals surface area contributed by atoms with Gasteiger partial charge in [0.2, 0.25) is 5.82 Å². The van der Waals surface area contributed by atoms with E-state index in [1.54, 1.807) is 0 Å². The number of rotatable bonds is 2. The van der Waals surface area contributed by atoms with Crippen LogP contribution in [0.5, 0.6) is 0 Å². The summed E-state index contributed by atoms with van der Waals surface area (Å²) in [6.45, 7) is 8.60. The fourth-order valence-corrected chi connectivity index (χ4v) is 2.21. The van der Waals surface area contributed by atoms with Crippen LogP contribution < -0.4 is 4.90 Å². The first-order valence-corrected chi connectivity index (χ1v) is 7.50. The Hall–Kier alpha value is -2.78. The van der Waals surface area contributed by atoms with Crippen molar-refractivity contribution in [2.45, 2.75) is 52.6 Å². The number of nitrogens with zero attached hydrogens (tertiary/aromatic N) is 2. The van der Waals surface area contributed by atoms with Crippen molar-refractivity contribution >= 4 is 23.6 Å². The van der Waals surface area contributed by atoms with E-state index < -0.39 is 56.7 Å². The first-order valence-electron chi connectivity index (χ1n) is 7.50. The molecule has 1 N–H and O–H groups in total. The molecule has 0 saturated carbocycles. The molecule has 0 fully saturated rings. The number of halogens is 2. The number of anilines is 1. The molecule has 10 heteroatoms. The average Bonchev–Trinajstić information content (AvgIpc) is 2.32. The number of hydrogen-bond acceptors (Lipinski definition) is 5. The van der Waals surface area contributed by atoms with Crippen molar-refractivity contribution in [3.8, 4) is 0 Å². The van der Waals surface area contributed by atoms with Crippen molar-refractivity contribution in [1.29, 1.82) is 0 Å². The Morgan fingerprint density at radius 3 is 2.04 bits per heavy atom. The van der Waals surface area contributed by atoms with E-state index in [1.165, 1.54) is 41.5 Å². The van der Waals surface area contributed by atoms with Crippen LogP contribution in [-0.2, 0) is 10.2 Å². The Labute approximate surface area is 148 Å². The van der Waals surface area contributed by atoms with E-state index in [-0.39, 0.29) is 4.90 Å². The SMILES string of the molecule is CC(C)(C)OC(=O)N(C(=O)O)c1cc(F)c(C(C)(C)C)c(F)c1[N+](=O)[O-]. The lowest BCUT2D eigenvalue weighted by atomic mass is 9.85. The second-order valence-electron chi connectivity index (χ2n) is 7.52. The van der Waals surface area contributed by atoms with E-state index in [1.807, 2.05) is 0 Å². The maximum atomic E-state index is 14.7. The van der Waals surface area contributed by atoms with Gasteiger partial charge in [-0.15, -0.1) is 0 Å². The predicted molar refractivity (Wildman–Crippen MR) is 88.5 cm³/mol. The van der Waals surface area contributed by atoms with Gasteiger partial charge in [-0.1, -0.05) is 20.8 Å². The molecule has 0 atom stereocenters. The van der Waals surface area contributed by atoms with Gasteiger partial charge >= 0.3 is 17.9 Å². The van der Waals surface area contributed by atoms with E-state index >= 15 is 0 Å². The van der Waals surface area contributed by atoms with Crippen LogP contribution in [0.25, 0.3) is 0 Å². The van der Waals surface area contributed by atoms with Crippen molar-refractivity contribution in [1.82, 2.24) is 0 Å². The molecule has 1 aromatic carbocycles.